The number of sulfonamides is 1. The van der Waals surface area contributed by atoms with Gasteiger partial charge in [-0.1, -0.05) is 12.0 Å². The second kappa shape index (κ2) is 4.70. The summed E-state index contributed by atoms with van der Waals surface area (Å²) in [5.74, 6) is 4.27. The Morgan fingerprint density at radius 2 is 2.17 bits per heavy atom. The first-order valence-electron chi connectivity index (χ1n) is 5.41. The van der Waals surface area contributed by atoms with Crippen LogP contribution in [0, 0.1) is 11.8 Å². The summed E-state index contributed by atoms with van der Waals surface area (Å²) in [6, 6.07) is 6.74. The average Bonchev–Trinajstić information content (AvgIpc) is 2.67. The molecule has 0 bridgehead atoms. The molecule has 5 nitrogen and oxygen atoms in total. The van der Waals surface area contributed by atoms with E-state index in [2.05, 4.69) is 11.8 Å². The Hall–Kier alpha value is -2.00. The number of rotatable bonds is 1. The van der Waals surface area contributed by atoms with Crippen LogP contribution >= 0.6 is 0 Å². The summed E-state index contributed by atoms with van der Waals surface area (Å²) >= 11 is 0. The van der Waals surface area contributed by atoms with Gasteiger partial charge in [-0.05, 0) is 30.5 Å². The molecule has 2 rings (SSSR count). The van der Waals surface area contributed by atoms with Crippen LogP contribution in [0.2, 0.25) is 0 Å². The number of carbonyl (C=O) groups is 1. The Balaban J connectivity index is 2.34. The predicted octanol–water partition coefficient (Wildman–Crippen LogP) is 0.0633. The maximum Gasteiger partial charge on any atom is 0.293 e. The Bertz CT molecular complexity index is 641. The smallest absolute Gasteiger partial charge is 0.293 e. The van der Waals surface area contributed by atoms with Crippen molar-refractivity contribution in [1.29, 1.82) is 0 Å². The summed E-state index contributed by atoms with van der Waals surface area (Å²) in [6.07, 6.45) is 0.625. The van der Waals surface area contributed by atoms with Crippen molar-refractivity contribution in [3.8, 4) is 11.8 Å². The molecule has 0 atom stereocenters. The third kappa shape index (κ3) is 2.63. The van der Waals surface area contributed by atoms with Gasteiger partial charge in [-0.3, -0.25) is 9.10 Å². The lowest BCUT2D eigenvalue weighted by atomic mass is 10.2. The number of nitrogens with zero attached hydrogens (tertiary/aromatic N) is 1. The standard InChI is InChI=1S/C12H12N2O3S/c13-12(15)6-5-10-3-1-4-11(9-10)14-7-2-8-18(14,16)17/h1,3-4,9H,2,7-8H2,(H2,13,15). The van der Waals surface area contributed by atoms with Crippen molar-refractivity contribution in [1.82, 2.24) is 0 Å². The summed E-state index contributed by atoms with van der Waals surface area (Å²) < 4.78 is 24.9. The number of amides is 1. The highest BCUT2D eigenvalue weighted by Gasteiger charge is 2.28. The van der Waals surface area contributed by atoms with E-state index in [1.54, 1.807) is 24.3 Å². The van der Waals surface area contributed by atoms with E-state index in [-0.39, 0.29) is 5.75 Å². The van der Waals surface area contributed by atoms with Crippen LogP contribution in [0.3, 0.4) is 0 Å². The third-order valence-electron chi connectivity index (χ3n) is 2.56. The van der Waals surface area contributed by atoms with Gasteiger partial charge in [-0.25, -0.2) is 8.42 Å². The lowest BCUT2D eigenvalue weighted by molar-refractivity contribution is -0.112. The lowest BCUT2D eigenvalue weighted by Crippen LogP contribution is -2.25. The lowest BCUT2D eigenvalue weighted by Gasteiger charge is -2.16. The van der Waals surface area contributed by atoms with Gasteiger partial charge < -0.3 is 5.73 Å². The maximum absolute atomic E-state index is 11.8. The second-order valence-corrected chi connectivity index (χ2v) is 5.92. The third-order valence-corrected chi connectivity index (χ3v) is 4.43. The van der Waals surface area contributed by atoms with Gasteiger partial charge in [-0.2, -0.15) is 0 Å². The van der Waals surface area contributed by atoms with Gasteiger partial charge in [0.15, 0.2) is 0 Å². The Morgan fingerprint density at radius 1 is 1.39 bits per heavy atom. The molecule has 6 heteroatoms. The molecule has 1 fully saturated rings. The van der Waals surface area contributed by atoms with E-state index in [9.17, 15) is 13.2 Å². The fourth-order valence-corrected chi connectivity index (χ4v) is 3.36. The highest BCUT2D eigenvalue weighted by atomic mass is 32.2. The van der Waals surface area contributed by atoms with Gasteiger partial charge in [0.2, 0.25) is 10.0 Å². The molecule has 0 aromatic heterocycles. The van der Waals surface area contributed by atoms with E-state index in [0.29, 0.717) is 24.2 Å². The minimum absolute atomic E-state index is 0.171. The van der Waals surface area contributed by atoms with E-state index >= 15 is 0 Å². The second-order valence-electron chi connectivity index (χ2n) is 3.91. The summed E-state index contributed by atoms with van der Waals surface area (Å²) in [6.45, 7) is 0.481. The summed E-state index contributed by atoms with van der Waals surface area (Å²) in [7, 11) is -3.19. The quantitative estimate of drug-likeness (QED) is 0.728. The average molecular weight is 264 g/mol. The minimum Gasteiger partial charge on any atom is -0.359 e. The van der Waals surface area contributed by atoms with Crippen LogP contribution in [0.1, 0.15) is 12.0 Å². The Kier molecular flexibility index (Phi) is 3.26. The molecule has 1 aromatic carbocycles. The zero-order chi connectivity index (χ0) is 13.2. The molecule has 0 spiro atoms. The topological polar surface area (TPSA) is 80.5 Å². The fraction of sp³-hybridized carbons (Fsp3) is 0.250. The minimum atomic E-state index is -3.19. The van der Waals surface area contributed by atoms with Crippen molar-refractivity contribution in [2.45, 2.75) is 6.42 Å². The van der Waals surface area contributed by atoms with Gasteiger partial charge in [0.1, 0.15) is 0 Å². The molecule has 0 radical (unpaired) electrons. The molecule has 18 heavy (non-hydrogen) atoms. The number of primary amides is 1. The molecular formula is C12H12N2O3S. The van der Waals surface area contributed by atoms with Crippen molar-refractivity contribution in [3.05, 3.63) is 29.8 Å². The normalized spacial score (nSPS) is 17.0. The zero-order valence-corrected chi connectivity index (χ0v) is 10.4. The summed E-state index contributed by atoms with van der Waals surface area (Å²) in [5, 5.41) is 0. The largest absolute Gasteiger partial charge is 0.359 e. The molecule has 1 aromatic rings. The van der Waals surface area contributed by atoms with Crippen molar-refractivity contribution in [3.63, 3.8) is 0 Å². The highest BCUT2D eigenvalue weighted by Crippen LogP contribution is 2.24. The van der Waals surface area contributed by atoms with Gasteiger partial charge in [0.25, 0.3) is 5.91 Å². The highest BCUT2D eigenvalue weighted by molar-refractivity contribution is 7.93. The summed E-state index contributed by atoms with van der Waals surface area (Å²) in [5.41, 5.74) is 6.06. The van der Waals surface area contributed by atoms with E-state index in [1.807, 2.05) is 0 Å². The van der Waals surface area contributed by atoms with Crippen molar-refractivity contribution >= 4 is 21.6 Å². The number of hydrogen-bond acceptors (Lipinski definition) is 3. The molecule has 1 aliphatic rings. The van der Waals surface area contributed by atoms with E-state index in [1.165, 1.54) is 4.31 Å². The van der Waals surface area contributed by atoms with Crippen LogP contribution in [0.5, 0.6) is 0 Å². The van der Waals surface area contributed by atoms with E-state index in [4.69, 9.17) is 5.73 Å². The Labute approximate surface area is 106 Å². The van der Waals surface area contributed by atoms with Crippen LogP contribution in [0.4, 0.5) is 5.69 Å². The molecule has 0 aliphatic carbocycles. The van der Waals surface area contributed by atoms with Crippen LogP contribution in [0.25, 0.3) is 0 Å². The number of carbonyl (C=O) groups excluding carboxylic acids is 1. The molecule has 94 valence electrons. The number of nitrogens with two attached hydrogens (primary N) is 1. The number of benzene rings is 1. The SMILES string of the molecule is NC(=O)C#Cc1cccc(N2CCCS2(=O)=O)c1. The zero-order valence-electron chi connectivity index (χ0n) is 9.59. The van der Waals surface area contributed by atoms with Gasteiger partial charge >= 0.3 is 0 Å². The first-order chi connectivity index (χ1) is 8.49. The molecule has 0 unspecified atom stereocenters. The molecule has 2 N–H and O–H groups in total. The molecule has 0 saturated carbocycles. The van der Waals surface area contributed by atoms with Crippen LogP contribution in [-0.2, 0) is 14.8 Å². The molecular weight excluding hydrogens is 252 g/mol. The van der Waals surface area contributed by atoms with Gasteiger partial charge in [0.05, 0.1) is 11.4 Å². The van der Waals surface area contributed by atoms with Gasteiger partial charge in [0, 0.05) is 12.1 Å². The molecule has 1 aliphatic heterocycles. The van der Waals surface area contributed by atoms with Crippen LogP contribution in [-0.4, -0.2) is 26.6 Å². The van der Waals surface area contributed by atoms with Crippen molar-refractivity contribution in [2.75, 3.05) is 16.6 Å². The van der Waals surface area contributed by atoms with E-state index in [0.717, 1.165) is 0 Å². The molecule has 1 amide bonds. The van der Waals surface area contributed by atoms with Gasteiger partial charge in [-0.15, -0.1) is 0 Å². The first-order valence-corrected chi connectivity index (χ1v) is 7.02. The predicted molar refractivity (Wildman–Crippen MR) is 68.3 cm³/mol. The van der Waals surface area contributed by atoms with Crippen molar-refractivity contribution in [2.24, 2.45) is 5.73 Å². The number of anilines is 1. The van der Waals surface area contributed by atoms with Crippen molar-refractivity contribution < 1.29 is 13.2 Å². The summed E-state index contributed by atoms with van der Waals surface area (Å²) in [4.78, 5) is 10.6. The first kappa shape index (κ1) is 12.5. The fourth-order valence-electron chi connectivity index (χ4n) is 1.80. The monoisotopic (exact) mass is 264 g/mol. The molecule has 1 saturated heterocycles. The Morgan fingerprint density at radius 3 is 2.78 bits per heavy atom. The van der Waals surface area contributed by atoms with E-state index < -0.39 is 15.9 Å². The number of hydrogen-bond donors (Lipinski definition) is 1. The maximum atomic E-state index is 11.8. The van der Waals surface area contributed by atoms with Crippen LogP contribution < -0.4 is 10.0 Å². The van der Waals surface area contributed by atoms with Crippen LogP contribution in [0.15, 0.2) is 24.3 Å². The molecule has 1 heterocycles.